The third-order valence-electron chi connectivity index (χ3n) is 4.65. The highest BCUT2D eigenvalue weighted by molar-refractivity contribution is 5.52. The third kappa shape index (κ3) is 3.64. The van der Waals surface area contributed by atoms with Crippen LogP contribution in [0.3, 0.4) is 0 Å². The van der Waals surface area contributed by atoms with Crippen molar-refractivity contribution in [3.8, 4) is 11.5 Å². The van der Waals surface area contributed by atoms with Crippen LogP contribution in [-0.2, 0) is 13.1 Å². The maximum atomic E-state index is 13.4. The molecule has 1 aliphatic rings. The Morgan fingerprint density at radius 2 is 2.28 bits per heavy atom. The van der Waals surface area contributed by atoms with E-state index in [2.05, 4.69) is 28.1 Å². The molecule has 5 nitrogen and oxygen atoms in total. The SMILES string of the molecule is Cc1cnn(CC2CCCN2Cc2coc(-c3cccc(F)c3)n2)c1. The Hall–Kier alpha value is -2.47. The van der Waals surface area contributed by atoms with Gasteiger partial charge in [0, 0.05) is 24.3 Å². The first-order valence-electron chi connectivity index (χ1n) is 8.61. The molecule has 3 aromatic rings. The van der Waals surface area contributed by atoms with Crippen molar-refractivity contribution in [1.29, 1.82) is 0 Å². The molecule has 1 unspecified atom stereocenters. The summed E-state index contributed by atoms with van der Waals surface area (Å²) in [6.07, 6.45) is 7.98. The van der Waals surface area contributed by atoms with Gasteiger partial charge in [-0.15, -0.1) is 0 Å². The van der Waals surface area contributed by atoms with Crippen LogP contribution in [0.15, 0.2) is 47.3 Å². The van der Waals surface area contributed by atoms with E-state index in [1.807, 2.05) is 10.9 Å². The van der Waals surface area contributed by atoms with Gasteiger partial charge in [-0.2, -0.15) is 5.10 Å². The van der Waals surface area contributed by atoms with Gasteiger partial charge in [-0.25, -0.2) is 9.37 Å². The van der Waals surface area contributed by atoms with Crippen molar-refractivity contribution in [3.63, 3.8) is 0 Å². The summed E-state index contributed by atoms with van der Waals surface area (Å²) in [6.45, 7) is 4.73. The normalized spacial score (nSPS) is 18.1. The molecule has 25 heavy (non-hydrogen) atoms. The summed E-state index contributed by atoms with van der Waals surface area (Å²) in [5, 5.41) is 4.39. The molecule has 0 N–H and O–H groups in total. The number of likely N-dealkylation sites (tertiary alicyclic amines) is 1. The lowest BCUT2D eigenvalue weighted by Gasteiger charge is -2.23. The minimum atomic E-state index is -0.286. The Kier molecular flexibility index (Phi) is 4.36. The van der Waals surface area contributed by atoms with E-state index in [9.17, 15) is 4.39 Å². The molecule has 4 rings (SSSR count). The zero-order chi connectivity index (χ0) is 17.2. The third-order valence-corrected chi connectivity index (χ3v) is 4.65. The lowest BCUT2D eigenvalue weighted by atomic mass is 10.2. The summed E-state index contributed by atoms with van der Waals surface area (Å²) < 4.78 is 20.9. The maximum absolute atomic E-state index is 13.4. The lowest BCUT2D eigenvalue weighted by molar-refractivity contribution is 0.216. The van der Waals surface area contributed by atoms with Crippen molar-refractivity contribution in [1.82, 2.24) is 19.7 Å². The van der Waals surface area contributed by atoms with Crippen molar-refractivity contribution in [2.45, 2.75) is 38.9 Å². The zero-order valence-corrected chi connectivity index (χ0v) is 14.2. The van der Waals surface area contributed by atoms with Crippen molar-refractivity contribution in [3.05, 3.63) is 60.0 Å². The minimum absolute atomic E-state index is 0.286. The van der Waals surface area contributed by atoms with Gasteiger partial charge in [-0.3, -0.25) is 9.58 Å². The molecule has 1 saturated heterocycles. The highest BCUT2D eigenvalue weighted by Gasteiger charge is 2.26. The van der Waals surface area contributed by atoms with Crippen LogP contribution in [0.2, 0.25) is 0 Å². The van der Waals surface area contributed by atoms with Crippen LogP contribution in [0.4, 0.5) is 4.39 Å². The van der Waals surface area contributed by atoms with Crippen molar-refractivity contribution < 1.29 is 8.81 Å². The number of halogens is 1. The molecule has 1 fully saturated rings. The Morgan fingerprint density at radius 1 is 1.36 bits per heavy atom. The number of benzene rings is 1. The van der Waals surface area contributed by atoms with Crippen LogP contribution in [0.1, 0.15) is 24.1 Å². The first-order valence-corrected chi connectivity index (χ1v) is 8.61. The number of oxazole rings is 1. The Labute approximate surface area is 146 Å². The molecule has 1 aliphatic heterocycles. The standard InChI is InChI=1S/C19H21FN4O/c1-14-9-21-24(10-14)12-18-6-3-7-23(18)11-17-13-25-19(22-17)15-4-2-5-16(20)8-15/h2,4-5,8-10,13,18H,3,6-7,11-12H2,1H3. The molecule has 130 valence electrons. The summed E-state index contributed by atoms with van der Waals surface area (Å²) in [4.78, 5) is 6.95. The maximum Gasteiger partial charge on any atom is 0.226 e. The smallest absolute Gasteiger partial charge is 0.226 e. The second-order valence-electron chi connectivity index (χ2n) is 6.66. The summed E-state index contributed by atoms with van der Waals surface area (Å²) in [6, 6.07) is 6.77. The van der Waals surface area contributed by atoms with Gasteiger partial charge in [0.25, 0.3) is 0 Å². The number of nitrogens with zero attached hydrogens (tertiary/aromatic N) is 4. The van der Waals surface area contributed by atoms with Gasteiger partial charge in [0.05, 0.1) is 18.4 Å². The predicted molar refractivity (Wildman–Crippen MR) is 92.3 cm³/mol. The number of aryl methyl sites for hydroxylation is 1. The van der Waals surface area contributed by atoms with E-state index in [0.717, 1.165) is 31.7 Å². The second-order valence-corrected chi connectivity index (χ2v) is 6.66. The van der Waals surface area contributed by atoms with Crippen LogP contribution in [0.25, 0.3) is 11.5 Å². The molecule has 0 amide bonds. The summed E-state index contributed by atoms with van der Waals surface area (Å²) >= 11 is 0. The Balaban J connectivity index is 1.44. The van der Waals surface area contributed by atoms with Gasteiger partial charge in [0.15, 0.2) is 0 Å². The molecule has 0 bridgehead atoms. The average molecular weight is 340 g/mol. The second kappa shape index (κ2) is 6.80. The highest BCUT2D eigenvalue weighted by Crippen LogP contribution is 2.24. The Morgan fingerprint density at radius 3 is 3.08 bits per heavy atom. The van der Waals surface area contributed by atoms with Gasteiger partial charge >= 0.3 is 0 Å². The quantitative estimate of drug-likeness (QED) is 0.711. The Bertz CT molecular complexity index is 856. The van der Waals surface area contributed by atoms with Gasteiger partial charge in [0.1, 0.15) is 12.1 Å². The lowest BCUT2D eigenvalue weighted by Crippen LogP contribution is -2.32. The van der Waals surface area contributed by atoms with Crippen molar-refractivity contribution >= 4 is 0 Å². The van der Waals surface area contributed by atoms with Crippen LogP contribution >= 0.6 is 0 Å². The van der Waals surface area contributed by atoms with Crippen LogP contribution in [-0.4, -0.2) is 32.3 Å². The van der Waals surface area contributed by atoms with Gasteiger partial charge in [-0.05, 0) is 50.1 Å². The van der Waals surface area contributed by atoms with E-state index in [1.165, 1.54) is 24.1 Å². The van der Waals surface area contributed by atoms with Crippen molar-refractivity contribution in [2.75, 3.05) is 6.54 Å². The van der Waals surface area contributed by atoms with E-state index in [0.29, 0.717) is 17.5 Å². The number of aromatic nitrogens is 3. The van der Waals surface area contributed by atoms with Gasteiger partial charge in [0.2, 0.25) is 5.89 Å². The molecule has 0 saturated carbocycles. The fourth-order valence-corrected chi connectivity index (χ4v) is 3.43. The predicted octanol–water partition coefficient (Wildman–Crippen LogP) is 3.65. The largest absolute Gasteiger partial charge is 0.444 e. The summed E-state index contributed by atoms with van der Waals surface area (Å²) in [7, 11) is 0. The van der Waals surface area contributed by atoms with E-state index in [4.69, 9.17) is 4.42 Å². The fraction of sp³-hybridized carbons (Fsp3) is 0.368. The topological polar surface area (TPSA) is 47.1 Å². The van der Waals surface area contributed by atoms with Gasteiger partial charge < -0.3 is 4.42 Å². The number of hydrogen-bond acceptors (Lipinski definition) is 4. The molecular weight excluding hydrogens is 319 g/mol. The zero-order valence-electron chi connectivity index (χ0n) is 14.2. The number of rotatable bonds is 5. The molecule has 0 spiro atoms. The molecular formula is C19H21FN4O. The molecule has 1 atom stereocenters. The van der Waals surface area contributed by atoms with E-state index in [-0.39, 0.29) is 5.82 Å². The molecule has 0 radical (unpaired) electrons. The molecule has 3 heterocycles. The van der Waals surface area contributed by atoms with E-state index < -0.39 is 0 Å². The molecule has 0 aliphatic carbocycles. The molecule has 2 aromatic heterocycles. The van der Waals surface area contributed by atoms with Gasteiger partial charge in [-0.1, -0.05) is 6.07 Å². The van der Waals surface area contributed by atoms with Crippen LogP contribution in [0.5, 0.6) is 0 Å². The summed E-state index contributed by atoms with van der Waals surface area (Å²) in [5.41, 5.74) is 2.72. The minimum Gasteiger partial charge on any atom is -0.444 e. The van der Waals surface area contributed by atoms with E-state index in [1.54, 1.807) is 18.4 Å². The van der Waals surface area contributed by atoms with Crippen LogP contribution < -0.4 is 0 Å². The average Bonchev–Trinajstić information content (AvgIpc) is 3.31. The fourth-order valence-electron chi connectivity index (χ4n) is 3.43. The molecule has 6 heteroatoms. The van der Waals surface area contributed by atoms with Crippen LogP contribution in [0, 0.1) is 12.7 Å². The number of hydrogen-bond donors (Lipinski definition) is 0. The monoisotopic (exact) mass is 340 g/mol. The molecule has 1 aromatic carbocycles. The summed E-state index contributed by atoms with van der Waals surface area (Å²) in [5.74, 6) is 0.180. The first kappa shape index (κ1) is 16.0. The van der Waals surface area contributed by atoms with E-state index >= 15 is 0 Å². The first-order chi connectivity index (χ1) is 12.2. The van der Waals surface area contributed by atoms with Crippen molar-refractivity contribution in [2.24, 2.45) is 0 Å². The highest BCUT2D eigenvalue weighted by atomic mass is 19.1.